The van der Waals surface area contributed by atoms with Gasteiger partial charge in [0.15, 0.2) is 0 Å². The Bertz CT molecular complexity index is 547. The van der Waals surface area contributed by atoms with Gasteiger partial charge in [0.05, 0.1) is 12.6 Å². The van der Waals surface area contributed by atoms with Crippen molar-refractivity contribution in [3.8, 4) is 0 Å². The van der Waals surface area contributed by atoms with Crippen LogP contribution in [0.15, 0.2) is 0 Å². The first kappa shape index (κ1) is 20.8. The smallest absolute Gasteiger partial charge is 0.394 e. The number of carbonyl (C=O) groups excluding carboxylic acids is 1. The number of Topliss-reactive ketones (excluding diaryl/α,β-unsaturated/α-hetero) is 1. The zero-order chi connectivity index (χ0) is 18.2. The summed E-state index contributed by atoms with van der Waals surface area (Å²) >= 11 is 0. The summed E-state index contributed by atoms with van der Waals surface area (Å²) in [5.74, 6) is -4.74. The summed E-state index contributed by atoms with van der Waals surface area (Å²) in [5.41, 5.74) is 5.36. The Balaban J connectivity index is 3.00. The molecule has 2 unspecified atom stereocenters. The van der Waals surface area contributed by atoms with Crippen molar-refractivity contribution < 1.29 is 58.1 Å². The molecule has 1 heterocycles. The van der Waals surface area contributed by atoms with E-state index in [1.807, 2.05) is 0 Å². The molecule has 1 aliphatic rings. The van der Waals surface area contributed by atoms with Crippen LogP contribution in [-0.4, -0.2) is 83.8 Å². The molecule has 1 aliphatic heterocycles. The Labute approximate surface area is 129 Å². The van der Waals surface area contributed by atoms with E-state index in [4.69, 9.17) is 25.4 Å². The summed E-state index contributed by atoms with van der Waals surface area (Å²) in [6.45, 7) is -0.934. The Kier molecular flexibility index (Phi) is 6.25. The van der Waals surface area contributed by atoms with Crippen LogP contribution in [-0.2, 0) is 23.0 Å². The molecule has 1 rings (SSSR count). The maximum absolute atomic E-state index is 12.0. The van der Waals surface area contributed by atoms with Gasteiger partial charge in [0, 0.05) is 0 Å². The minimum Gasteiger partial charge on any atom is -0.394 e. The summed E-state index contributed by atoms with van der Waals surface area (Å²) < 4.78 is 30.3. The number of aliphatic hydroxyl groups is 4. The Morgan fingerprint density at radius 2 is 1.74 bits per heavy atom. The van der Waals surface area contributed by atoms with Crippen molar-refractivity contribution in [3.05, 3.63) is 0 Å². The zero-order valence-electron chi connectivity index (χ0n) is 11.4. The van der Waals surface area contributed by atoms with E-state index in [0.29, 0.717) is 0 Å². The van der Waals surface area contributed by atoms with Crippen molar-refractivity contribution >= 4 is 21.2 Å². The highest BCUT2D eigenvalue weighted by molar-refractivity contribution is 7.64. The lowest BCUT2D eigenvalue weighted by Crippen LogP contribution is -2.71. The van der Waals surface area contributed by atoms with E-state index in [9.17, 15) is 34.1 Å². The second-order valence-electron chi connectivity index (χ2n) is 4.83. The highest BCUT2D eigenvalue weighted by atomic mass is 31.3. The first-order valence-corrected chi connectivity index (χ1v) is 9.27. The predicted octanol–water partition coefficient (Wildman–Crippen LogP) is -4.02. The van der Waals surface area contributed by atoms with E-state index in [0.717, 1.165) is 0 Å². The van der Waals surface area contributed by atoms with E-state index in [1.54, 1.807) is 0 Å². The van der Waals surface area contributed by atoms with Gasteiger partial charge in [-0.25, -0.2) is 8.88 Å². The van der Waals surface area contributed by atoms with E-state index in [-0.39, 0.29) is 0 Å². The third kappa shape index (κ3) is 4.86. The summed E-state index contributed by atoms with van der Waals surface area (Å²) in [7, 11) is -10.6. The Morgan fingerprint density at radius 1 is 1.22 bits per heavy atom. The Hall–Kier alpha value is -0.270. The van der Waals surface area contributed by atoms with Crippen molar-refractivity contribution in [2.45, 2.75) is 30.1 Å². The first-order valence-electron chi connectivity index (χ1n) is 5.98. The van der Waals surface area contributed by atoms with E-state index < -0.39 is 64.1 Å². The number of nitrogens with two attached hydrogens (primary N) is 1. The molecule has 23 heavy (non-hydrogen) atoms. The number of hydrogen-bond acceptors (Lipinski definition) is 10. The minimum absolute atomic E-state index is 0.934. The summed E-state index contributed by atoms with van der Waals surface area (Å²) in [4.78, 5) is 38.1. The summed E-state index contributed by atoms with van der Waals surface area (Å²) in [6.07, 6.45) is -6.94. The van der Waals surface area contributed by atoms with Gasteiger partial charge >= 0.3 is 15.4 Å². The second kappa shape index (κ2) is 6.92. The van der Waals surface area contributed by atoms with Gasteiger partial charge in [0.25, 0.3) is 0 Å². The Morgan fingerprint density at radius 3 is 2.17 bits per heavy atom. The van der Waals surface area contributed by atoms with Gasteiger partial charge < -0.3 is 45.6 Å². The lowest BCUT2D eigenvalue weighted by molar-refractivity contribution is -0.296. The fraction of sp³-hybridized carbons (Fsp3) is 0.875. The third-order valence-electron chi connectivity index (χ3n) is 3.04. The van der Waals surface area contributed by atoms with Crippen LogP contribution in [0.1, 0.15) is 0 Å². The van der Waals surface area contributed by atoms with E-state index in [2.05, 4.69) is 4.31 Å². The molecular formula is C8H17NO12P2. The molecule has 0 amide bonds. The van der Waals surface area contributed by atoms with Gasteiger partial charge in [-0.3, -0.25) is 9.36 Å². The van der Waals surface area contributed by atoms with E-state index in [1.165, 1.54) is 0 Å². The second-order valence-corrected chi connectivity index (χ2v) is 8.06. The monoisotopic (exact) mass is 381 g/mol. The number of ketones is 1. The van der Waals surface area contributed by atoms with E-state index >= 15 is 0 Å². The number of phosphoric acid groups is 1. The highest BCUT2D eigenvalue weighted by Crippen LogP contribution is 2.57. The maximum atomic E-state index is 12.0. The fourth-order valence-electron chi connectivity index (χ4n) is 1.93. The van der Waals surface area contributed by atoms with Crippen LogP contribution in [0.3, 0.4) is 0 Å². The molecule has 1 fully saturated rings. The minimum atomic E-state index is -5.41. The molecule has 6 atom stereocenters. The number of carbonyl (C=O) groups is 1. The van der Waals surface area contributed by atoms with Gasteiger partial charge in [-0.2, -0.15) is 0 Å². The van der Waals surface area contributed by atoms with Gasteiger partial charge in [-0.1, -0.05) is 0 Å². The highest BCUT2D eigenvalue weighted by Gasteiger charge is 2.57. The quantitative estimate of drug-likeness (QED) is 0.205. The SMILES string of the molecule is N[C@@H]1[C@@H](O)[C@@H](O)[C@@H](CO)OC1(O)C(=O)CP(=O)(O)OP(=O)(O)O. The molecule has 0 radical (unpaired) electrons. The largest absolute Gasteiger partial charge is 0.476 e. The van der Waals surface area contributed by atoms with Crippen LogP contribution in [0.2, 0.25) is 0 Å². The topological polar surface area (TPSA) is 237 Å². The van der Waals surface area contributed by atoms with Crippen LogP contribution >= 0.6 is 15.4 Å². The normalized spacial score (nSPS) is 38.1. The van der Waals surface area contributed by atoms with Crippen LogP contribution in [0.4, 0.5) is 0 Å². The van der Waals surface area contributed by atoms with Gasteiger partial charge in [0.2, 0.25) is 11.6 Å². The average molecular weight is 381 g/mol. The number of rotatable bonds is 6. The molecule has 0 bridgehead atoms. The number of hydrogen-bond donors (Lipinski definition) is 8. The van der Waals surface area contributed by atoms with Crippen molar-refractivity contribution in [3.63, 3.8) is 0 Å². The van der Waals surface area contributed by atoms with Gasteiger partial charge in [-0.05, 0) is 0 Å². The van der Waals surface area contributed by atoms with Crippen molar-refractivity contribution in [1.29, 1.82) is 0 Å². The molecule has 15 heteroatoms. The molecule has 0 aromatic heterocycles. The molecule has 0 spiro atoms. The molecule has 13 nitrogen and oxygen atoms in total. The standard InChI is InChI=1S/C8H17NO12P2/c9-7-6(13)5(12)3(1-10)20-8(7,14)4(11)2-22(15,16)21-23(17,18)19/h3,5-7,10,12-14H,1-2,9H2,(H,15,16)(H2,17,18,19)/t3-,5+,6+,7-,8?/m1/s1. The van der Waals surface area contributed by atoms with Gasteiger partial charge in [0.1, 0.15) is 24.5 Å². The van der Waals surface area contributed by atoms with Crippen molar-refractivity contribution in [1.82, 2.24) is 0 Å². The van der Waals surface area contributed by atoms with Gasteiger partial charge in [-0.15, -0.1) is 0 Å². The fourth-order valence-corrected chi connectivity index (χ4v) is 4.08. The molecule has 136 valence electrons. The molecule has 1 saturated heterocycles. The third-order valence-corrected chi connectivity index (χ3v) is 5.60. The van der Waals surface area contributed by atoms with Crippen LogP contribution in [0, 0.1) is 0 Å². The molecule has 9 N–H and O–H groups in total. The molecule has 0 saturated carbocycles. The van der Waals surface area contributed by atoms with Crippen LogP contribution in [0.5, 0.6) is 0 Å². The summed E-state index contributed by atoms with van der Waals surface area (Å²) in [6, 6.07) is -1.97. The van der Waals surface area contributed by atoms with Crippen molar-refractivity contribution in [2.24, 2.45) is 5.73 Å². The molecule has 0 aromatic carbocycles. The van der Waals surface area contributed by atoms with Crippen LogP contribution in [0.25, 0.3) is 0 Å². The number of aliphatic hydroxyl groups excluding tert-OH is 3. The molecule has 0 aliphatic carbocycles. The number of ether oxygens (including phenoxy) is 1. The molecular weight excluding hydrogens is 364 g/mol. The summed E-state index contributed by atoms with van der Waals surface area (Å²) in [5, 5.41) is 38.3. The average Bonchev–Trinajstić information content (AvgIpc) is 2.37. The lowest BCUT2D eigenvalue weighted by Gasteiger charge is -2.45. The molecule has 0 aromatic rings. The first-order chi connectivity index (χ1) is 10.2. The van der Waals surface area contributed by atoms with Crippen LogP contribution < -0.4 is 5.73 Å². The zero-order valence-corrected chi connectivity index (χ0v) is 13.2. The lowest BCUT2D eigenvalue weighted by atomic mass is 9.89. The maximum Gasteiger partial charge on any atom is 0.476 e. The predicted molar refractivity (Wildman–Crippen MR) is 69.7 cm³/mol. The van der Waals surface area contributed by atoms with Crippen molar-refractivity contribution in [2.75, 3.05) is 12.8 Å².